The van der Waals surface area contributed by atoms with Crippen molar-refractivity contribution in [2.45, 2.75) is 38.5 Å². The Balaban J connectivity index is 2.02. The monoisotopic (exact) mass is 208 g/mol. The highest BCUT2D eigenvalue weighted by Gasteiger charge is 1.95. The summed E-state index contributed by atoms with van der Waals surface area (Å²) >= 11 is 2.20. The highest BCUT2D eigenvalue weighted by Crippen LogP contribution is 2.48. The van der Waals surface area contributed by atoms with E-state index in [9.17, 15) is 0 Å². The first kappa shape index (κ1) is 10.3. The van der Waals surface area contributed by atoms with E-state index in [4.69, 9.17) is 0 Å². The van der Waals surface area contributed by atoms with Crippen LogP contribution in [0.25, 0.3) is 0 Å². The van der Waals surface area contributed by atoms with E-state index in [1.165, 1.54) is 66.2 Å². The zero-order valence-electron chi connectivity index (χ0n) is 7.07. The minimum atomic E-state index is 1.22. The van der Waals surface area contributed by atoms with Crippen LogP contribution in [0.5, 0.6) is 0 Å². The maximum absolute atomic E-state index is 2.20. The molecule has 1 fully saturated rings. The molecule has 0 bridgehead atoms. The van der Waals surface area contributed by atoms with Crippen molar-refractivity contribution in [1.82, 2.24) is 0 Å². The molecule has 3 heteroatoms. The fourth-order valence-corrected chi connectivity index (χ4v) is 6.97. The molecular weight excluding hydrogens is 190 g/mol. The molecule has 2 atom stereocenters. The normalized spacial score (nSPS) is 28.4. The van der Waals surface area contributed by atoms with Crippen molar-refractivity contribution in [3.8, 4) is 0 Å². The molecule has 0 aromatic heterocycles. The standard InChI is InChI=1S/C8H18P2S/c1-2-4-6-8-11-10-9-7-5-3-1/h9-10H,1-8H2. The zero-order chi connectivity index (χ0) is 7.78. The molecule has 0 N–H and O–H groups in total. The van der Waals surface area contributed by atoms with Crippen molar-refractivity contribution in [2.75, 3.05) is 11.9 Å². The lowest BCUT2D eigenvalue weighted by Gasteiger charge is -1.98. The average Bonchev–Trinajstić information content (AvgIpc) is 2.08. The summed E-state index contributed by atoms with van der Waals surface area (Å²) in [5, 5.41) is 0. The predicted octanol–water partition coefficient (Wildman–Crippen LogP) is 4.26. The van der Waals surface area contributed by atoms with E-state index < -0.39 is 0 Å². The van der Waals surface area contributed by atoms with Gasteiger partial charge in [0.25, 0.3) is 0 Å². The Morgan fingerprint density at radius 2 is 1.55 bits per heavy atom. The topological polar surface area (TPSA) is 0 Å². The van der Waals surface area contributed by atoms with Gasteiger partial charge in [-0.2, -0.15) is 0 Å². The lowest BCUT2D eigenvalue weighted by Crippen LogP contribution is -1.80. The molecule has 2 unspecified atom stereocenters. The van der Waals surface area contributed by atoms with Gasteiger partial charge >= 0.3 is 0 Å². The molecule has 1 aliphatic rings. The molecule has 66 valence electrons. The van der Waals surface area contributed by atoms with E-state index in [-0.39, 0.29) is 0 Å². The number of rotatable bonds is 0. The Morgan fingerprint density at radius 3 is 2.45 bits per heavy atom. The van der Waals surface area contributed by atoms with E-state index in [1.54, 1.807) is 0 Å². The fourth-order valence-electron chi connectivity index (χ4n) is 1.25. The SMILES string of the molecule is C1CCCCSPPCCC1. The summed E-state index contributed by atoms with van der Waals surface area (Å²) in [6.07, 6.45) is 10.5. The van der Waals surface area contributed by atoms with Gasteiger partial charge in [0.1, 0.15) is 0 Å². The summed E-state index contributed by atoms with van der Waals surface area (Å²) in [6, 6.07) is 0. The molecule has 0 radical (unpaired) electrons. The minimum absolute atomic E-state index is 1.22. The Bertz CT molecular complexity index is 50.1. The first-order valence-corrected chi connectivity index (χ1v) is 9.51. The summed E-state index contributed by atoms with van der Waals surface area (Å²) in [7, 11) is 2.49. The van der Waals surface area contributed by atoms with Gasteiger partial charge < -0.3 is 0 Å². The van der Waals surface area contributed by atoms with E-state index in [1.807, 2.05) is 0 Å². The second-order valence-corrected chi connectivity index (χ2v) is 9.13. The number of hydrogen-bond acceptors (Lipinski definition) is 1. The molecule has 1 rings (SSSR count). The third-order valence-corrected chi connectivity index (χ3v) is 8.15. The van der Waals surface area contributed by atoms with Crippen molar-refractivity contribution in [2.24, 2.45) is 0 Å². The molecule has 0 spiro atoms. The van der Waals surface area contributed by atoms with Crippen molar-refractivity contribution < 1.29 is 0 Å². The highest BCUT2D eigenvalue weighted by molar-refractivity contribution is 8.67. The lowest BCUT2D eigenvalue weighted by atomic mass is 10.1. The smallest absolute Gasteiger partial charge is 0.00250 e. The summed E-state index contributed by atoms with van der Waals surface area (Å²) < 4.78 is 0. The molecule has 1 saturated heterocycles. The van der Waals surface area contributed by atoms with Gasteiger partial charge in [0.05, 0.1) is 0 Å². The van der Waals surface area contributed by atoms with Crippen LogP contribution in [0, 0.1) is 0 Å². The van der Waals surface area contributed by atoms with Crippen molar-refractivity contribution in [1.29, 1.82) is 0 Å². The molecule has 0 nitrogen and oxygen atoms in total. The summed E-state index contributed by atoms with van der Waals surface area (Å²) in [5.74, 6) is 1.44. The number of hydrogen-bond donors (Lipinski definition) is 0. The van der Waals surface area contributed by atoms with Crippen LogP contribution in [0.1, 0.15) is 38.5 Å². The van der Waals surface area contributed by atoms with Gasteiger partial charge in [-0.1, -0.05) is 34.0 Å². The molecule has 0 aromatic carbocycles. The largest absolute Gasteiger partial charge is 0.133 e. The molecule has 0 saturated carbocycles. The summed E-state index contributed by atoms with van der Waals surface area (Å²) in [5.41, 5.74) is 0. The van der Waals surface area contributed by atoms with Crippen molar-refractivity contribution in [3.63, 3.8) is 0 Å². The fraction of sp³-hybridized carbons (Fsp3) is 1.00. The molecule has 1 aliphatic heterocycles. The third kappa shape index (κ3) is 6.38. The Labute approximate surface area is 77.9 Å². The van der Waals surface area contributed by atoms with E-state index in [0.717, 1.165) is 0 Å². The first-order valence-electron chi connectivity index (χ1n) is 4.60. The van der Waals surface area contributed by atoms with Crippen LogP contribution in [0.3, 0.4) is 0 Å². The maximum atomic E-state index is 2.20. The molecule has 11 heavy (non-hydrogen) atoms. The Morgan fingerprint density at radius 1 is 0.818 bits per heavy atom. The molecule has 1 heterocycles. The van der Waals surface area contributed by atoms with Gasteiger partial charge in [0, 0.05) is 0 Å². The van der Waals surface area contributed by atoms with Gasteiger partial charge in [-0.15, -0.1) is 11.4 Å². The van der Waals surface area contributed by atoms with Crippen LogP contribution in [0.4, 0.5) is 0 Å². The molecular formula is C8H18P2S. The molecule has 0 aliphatic carbocycles. The zero-order valence-corrected chi connectivity index (χ0v) is 9.88. The van der Waals surface area contributed by atoms with Gasteiger partial charge in [-0.05, 0) is 32.2 Å². The van der Waals surface area contributed by atoms with Crippen molar-refractivity contribution >= 4 is 27.1 Å². The predicted molar refractivity (Wildman–Crippen MR) is 61.7 cm³/mol. The highest BCUT2D eigenvalue weighted by atomic mass is 32.9. The van der Waals surface area contributed by atoms with Crippen LogP contribution in [0.15, 0.2) is 0 Å². The Hall–Kier alpha value is 1.21. The van der Waals surface area contributed by atoms with Crippen LogP contribution >= 0.6 is 27.1 Å². The lowest BCUT2D eigenvalue weighted by molar-refractivity contribution is 0.629. The van der Waals surface area contributed by atoms with E-state index >= 15 is 0 Å². The van der Waals surface area contributed by atoms with Gasteiger partial charge in [0.15, 0.2) is 0 Å². The van der Waals surface area contributed by atoms with Gasteiger partial charge in [-0.25, -0.2) is 0 Å². The van der Waals surface area contributed by atoms with Crippen LogP contribution in [-0.4, -0.2) is 11.9 Å². The molecule has 0 amide bonds. The first-order chi connectivity index (χ1) is 5.50. The summed E-state index contributed by atoms with van der Waals surface area (Å²) in [4.78, 5) is 0. The van der Waals surface area contributed by atoms with Crippen LogP contribution < -0.4 is 0 Å². The quantitative estimate of drug-likeness (QED) is 0.536. The van der Waals surface area contributed by atoms with Gasteiger partial charge in [-0.3, -0.25) is 0 Å². The minimum Gasteiger partial charge on any atom is -0.133 e. The van der Waals surface area contributed by atoms with E-state index in [0.29, 0.717) is 0 Å². The second-order valence-electron chi connectivity index (χ2n) is 3.00. The third-order valence-electron chi connectivity index (χ3n) is 1.94. The van der Waals surface area contributed by atoms with Crippen LogP contribution in [0.2, 0.25) is 0 Å². The second kappa shape index (κ2) is 7.84. The van der Waals surface area contributed by atoms with Crippen LogP contribution in [-0.2, 0) is 0 Å². The van der Waals surface area contributed by atoms with E-state index in [2.05, 4.69) is 11.4 Å². The van der Waals surface area contributed by atoms with Crippen molar-refractivity contribution in [3.05, 3.63) is 0 Å². The average molecular weight is 208 g/mol. The maximum Gasteiger partial charge on any atom is -0.00250 e. The van der Waals surface area contributed by atoms with Gasteiger partial charge in [0.2, 0.25) is 0 Å². The molecule has 0 aromatic rings. The summed E-state index contributed by atoms with van der Waals surface area (Å²) in [6.45, 7) is 0. The Kier molecular flexibility index (Phi) is 7.33.